The summed E-state index contributed by atoms with van der Waals surface area (Å²) in [4.78, 5) is 26.1. The fourth-order valence-corrected chi connectivity index (χ4v) is 3.82. The predicted molar refractivity (Wildman–Crippen MR) is 109 cm³/mol. The highest BCUT2D eigenvalue weighted by atomic mass is 32.1. The first-order valence-corrected chi connectivity index (χ1v) is 10.4. The molecule has 6 heteroatoms. The number of hydrogen-bond acceptors (Lipinski definition) is 5. The van der Waals surface area contributed by atoms with Crippen molar-refractivity contribution in [2.75, 3.05) is 29.9 Å². The molecule has 144 valence electrons. The Balaban J connectivity index is 1.39. The van der Waals surface area contributed by atoms with Crippen molar-refractivity contribution in [2.24, 2.45) is 5.92 Å². The van der Waals surface area contributed by atoms with E-state index in [1.165, 1.54) is 18.5 Å². The standard InChI is InChI=1S/C21H26N2O3S/c1-16-8-11-23(12-9-16)19-5-3-18(4-6-19)22-20(24)14-26-21(25)7-2-17-10-13-27-15-17/h3-6,10,13,15-16H,2,7-9,11-12,14H2,1H3,(H,22,24). The Hall–Kier alpha value is -2.34. The molecule has 0 radical (unpaired) electrons. The number of thiophene rings is 1. The molecule has 1 aromatic heterocycles. The largest absolute Gasteiger partial charge is 0.456 e. The number of aryl methyl sites for hydroxylation is 1. The summed E-state index contributed by atoms with van der Waals surface area (Å²) >= 11 is 1.60. The van der Waals surface area contributed by atoms with Gasteiger partial charge in [0, 0.05) is 30.9 Å². The molecule has 5 nitrogen and oxygen atoms in total. The Morgan fingerprint density at radius 3 is 2.59 bits per heavy atom. The third-order valence-corrected chi connectivity index (χ3v) is 5.59. The van der Waals surface area contributed by atoms with Gasteiger partial charge in [-0.2, -0.15) is 11.3 Å². The predicted octanol–water partition coefficient (Wildman–Crippen LogP) is 4.10. The first-order chi connectivity index (χ1) is 13.1. The van der Waals surface area contributed by atoms with Crippen LogP contribution in [0.15, 0.2) is 41.1 Å². The van der Waals surface area contributed by atoms with E-state index in [0.717, 1.165) is 24.6 Å². The lowest BCUT2D eigenvalue weighted by Crippen LogP contribution is -2.32. The summed E-state index contributed by atoms with van der Waals surface area (Å²) in [5.41, 5.74) is 3.01. The van der Waals surface area contributed by atoms with E-state index < -0.39 is 0 Å². The zero-order valence-corrected chi connectivity index (χ0v) is 16.5. The van der Waals surface area contributed by atoms with Gasteiger partial charge in [-0.25, -0.2) is 0 Å². The van der Waals surface area contributed by atoms with E-state index >= 15 is 0 Å². The van der Waals surface area contributed by atoms with Crippen molar-refractivity contribution in [3.8, 4) is 0 Å². The molecule has 2 heterocycles. The Kier molecular flexibility index (Phi) is 6.87. The summed E-state index contributed by atoms with van der Waals surface area (Å²) in [6.07, 6.45) is 3.36. The van der Waals surface area contributed by atoms with Crippen LogP contribution in [0.2, 0.25) is 0 Å². The molecule has 1 amide bonds. The maximum atomic E-state index is 12.0. The Morgan fingerprint density at radius 1 is 1.19 bits per heavy atom. The summed E-state index contributed by atoms with van der Waals surface area (Å²) < 4.78 is 5.05. The second-order valence-electron chi connectivity index (χ2n) is 7.06. The van der Waals surface area contributed by atoms with Gasteiger partial charge in [0.25, 0.3) is 5.91 Å². The maximum absolute atomic E-state index is 12.0. The summed E-state index contributed by atoms with van der Waals surface area (Å²) in [7, 11) is 0. The number of anilines is 2. The molecular formula is C21H26N2O3S. The Labute approximate surface area is 164 Å². The average molecular weight is 387 g/mol. The number of carbonyl (C=O) groups is 2. The lowest BCUT2D eigenvalue weighted by Gasteiger charge is -2.32. The van der Waals surface area contributed by atoms with E-state index in [9.17, 15) is 9.59 Å². The quantitative estimate of drug-likeness (QED) is 0.728. The number of rotatable bonds is 7. The van der Waals surface area contributed by atoms with Gasteiger partial charge in [0.2, 0.25) is 0 Å². The van der Waals surface area contributed by atoms with Crippen molar-refractivity contribution in [3.63, 3.8) is 0 Å². The second-order valence-corrected chi connectivity index (χ2v) is 7.84. The minimum absolute atomic E-state index is 0.256. The number of esters is 1. The van der Waals surface area contributed by atoms with Crippen molar-refractivity contribution in [1.29, 1.82) is 0 Å². The normalized spacial score (nSPS) is 14.8. The molecule has 0 spiro atoms. The molecule has 0 atom stereocenters. The van der Waals surface area contributed by atoms with Crippen LogP contribution in [0.1, 0.15) is 31.7 Å². The van der Waals surface area contributed by atoms with E-state index in [1.807, 2.05) is 41.1 Å². The average Bonchev–Trinajstić information content (AvgIpc) is 3.20. The van der Waals surface area contributed by atoms with Crippen molar-refractivity contribution in [2.45, 2.75) is 32.6 Å². The van der Waals surface area contributed by atoms with Gasteiger partial charge >= 0.3 is 5.97 Å². The van der Waals surface area contributed by atoms with Crippen molar-refractivity contribution in [3.05, 3.63) is 46.7 Å². The van der Waals surface area contributed by atoms with Crippen LogP contribution >= 0.6 is 11.3 Å². The van der Waals surface area contributed by atoms with Crippen molar-refractivity contribution < 1.29 is 14.3 Å². The van der Waals surface area contributed by atoms with E-state index in [4.69, 9.17) is 4.74 Å². The van der Waals surface area contributed by atoms with E-state index in [-0.39, 0.29) is 24.9 Å². The van der Waals surface area contributed by atoms with E-state index in [2.05, 4.69) is 17.1 Å². The number of amides is 1. The molecule has 1 aromatic carbocycles. The molecule has 3 rings (SSSR count). The minimum Gasteiger partial charge on any atom is -0.456 e. The number of piperidine rings is 1. The molecule has 1 aliphatic heterocycles. The van der Waals surface area contributed by atoms with Crippen LogP contribution in [0.5, 0.6) is 0 Å². The lowest BCUT2D eigenvalue weighted by atomic mass is 9.99. The number of nitrogens with zero attached hydrogens (tertiary/aromatic N) is 1. The zero-order chi connectivity index (χ0) is 19.1. The smallest absolute Gasteiger partial charge is 0.306 e. The highest BCUT2D eigenvalue weighted by molar-refractivity contribution is 7.07. The number of nitrogens with one attached hydrogen (secondary N) is 1. The minimum atomic E-state index is -0.356. The van der Waals surface area contributed by atoms with Crippen LogP contribution in [0, 0.1) is 5.92 Å². The van der Waals surface area contributed by atoms with Gasteiger partial charge < -0.3 is 15.0 Å². The van der Waals surface area contributed by atoms with Crippen molar-refractivity contribution >= 4 is 34.6 Å². The number of ether oxygens (including phenoxy) is 1. The molecule has 2 aromatic rings. The van der Waals surface area contributed by atoms with Crippen LogP contribution in [0.4, 0.5) is 11.4 Å². The summed E-state index contributed by atoms with van der Waals surface area (Å²) in [5.74, 6) is 0.122. The van der Waals surface area contributed by atoms with Gasteiger partial charge in [0.15, 0.2) is 6.61 Å². The van der Waals surface area contributed by atoms with E-state index in [0.29, 0.717) is 12.1 Å². The molecule has 0 saturated carbocycles. The zero-order valence-electron chi connectivity index (χ0n) is 15.6. The van der Waals surface area contributed by atoms with Gasteiger partial charge in [-0.1, -0.05) is 6.92 Å². The number of benzene rings is 1. The molecule has 27 heavy (non-hydrogen) atoms. The third kappa shape index (κ3) is 6.10. The molecule has 0 unspecified atom stereocenters. The van der Waals surface area contributed by atoms with Gasteiger partial charge in [-0.05, 0) is 71.8 Å². The number of hydrogen-bond donors (Lipinski definition) is 1. The van der Waals surface area contributed by atoms with Crippen molar-refractivity contribution in [1.82, 2.24) is 0 Å². The van der Waals surface area contributed by atoms with Gasteiger partial charge in [-0.15, -0.1) is 0 Å². The monoisotopic (exact) mass is 386 g/mol. The summed E-state index contributed by atoms with van der Waals surface area (Å²) in [6, 6.07) is 9.82. The molecule has 0 aliphatic carbocycles. The maximum Gasteiger partial charge on any atom is 0.306 e. The molecule has 1 fully saturated rings. The Bertz CT molecular complexity index is 735. The molecule has 1 aliphatic rings. The SMILES string of the molecule is CC1CCN(c2ccc(NC(=O)COC(=O)CCc3ccsc3)cc2)CC1. The summed E-state index contributed by atoms with van der Waals surface area (Å²) in [5, 5.41) is 6.76. The van der Waals surface area contributed by atoms with Gasteiger partial charge in [0.1, 0.15) is 0 Å². The second kappa shape index (κ2) is 9.55. The first kappa shape index (κ1) is 19.4. The molecular weight excluding hydrogens is 360 g/mol. The van der Waals surface area contributed by atoms with Gasteiger partial charge in [-0.3, -0.25) is 9.59 Å². The highest BCUT2D eigenvalue weighted by Gasteiger charge is 2.16. The molecule has 1 N–H and O–H groups in total. The third-order valence-electron chi connectivity index (χ3n) is 4.86. The van der Waals surface area contributed by atoms with Crippen LogP contribution in [-0.2, 0) is 20.7 Å². The summed E-state index contributed by atoms with van der Waals surface area (Å²) in [6.45, 7) is 4.20. The lowest BCUT2D eigenvalue weighted by molar-refractivity contribution is -0.147. The number of carbonyl (C=O) groups excluding carboxylic acids is 2. The van der Waals surface area contributed by atoms with Crippen LogP contribution in [0.3, 0.4) is 0 Å². The Morgan fingerprint density at radius 2 is 1.93 bits per heavy atom. The fourth-order valence-electron chi connectivity index (χ4n) is 3.12. The topological polar surface area (TPSA) is 58.6 Å². The van der Waals surface area contributed by atoms with E-state index in [1.54, 1.807) is 11.3 Å². The fraction of sp³-hybridized carbons (Fsp3) is 0.429. The van der Waals surface area contributed by atoms with Crippen LogP contribution in [0.25, 0.3) is 0 Å². The van der Waals surface area contributed by atoms with Crippen LogP contribution < -0.4 is 10.2 Å². The molecule has 0 bridgehead atoms. The van der Waals surface area contributed by atoms with Crippen LogP contribution in [-0.4, -0.2) is 31.6 Å². The highest BCUT2D eigenvalue weighted by Crippen LogP contribution is 2.24. The van der Waals surface area contributed by atoms with Gasteiger partial charge in [0.05, 0.1) is 0 Å². The first-order valence-electron chi connectivity index (χ1n) is 9.42. The molecule has 1 saturated heterocycles.